The summed E-state index contributed by atoms with van der Waals surface area (Å²) in [6.45, 7) is 2.93. The first-order valence-electron chi connectivity index (χ1n) is 5.09. The average Bonchev–Trinajstić information content (AvgIpc) is 2.29. The van der Waals surface area contributed by atoms with Gasteiger partial charge >= 0.3 is 0 Å². The molecule has 0 aromatic heterocycles. The second kappa shape index (κ2) is 5.61. The summed E-state index contributed by atoms with van der Waals surface area (Å²) in [7, 11) is 1.61. The Balaban J connectivity index is 2.95. The lowest BCUT2D eigenvalue weighted by Crippen LogP contribution is -2.35. The van der Waals surface area contributed by atoms with E-state index in [1.54, 1.807) is 13.1 Å². The predicted molar refractivity (Wildman–Crippen MR) is 67.8 cm³/mol. The summed E-state index contributed by atoms with van der Waals surface area (Å²) < 4.78 is 0. The van der Waals surface area contributed by atoms with E-state index in [-0.39, 0.29) is 12.5 Å². The van der Waals surface area contributed by atoms with Gasteiger partial charge in [-0.1, -0.05) is 17.7 Å². The van der Waals surface area contributed by atoms with Crippen LogP contribution >= 0.6 is 11.6 Å². The van der Waals surface area contributed by atoms with Crippen molar-refractivity contribution in [2.45, 2.75) is 6.92 Å². The van der Waals surface area contributed by atoms with Gasteiger partial charge < -0.3 is 16.0 Å². The molecule has 0 radical (unpaired) electrons. The number of likely N-dealkylation sites (N-methyl/N-ethyl adjacent to an activating group) is 2. The number of nitrogens with two attached hydrogens (primary N) is 1. The Labute approximate surface area is 100 Å². The quantitative estimate of drug-likeness (QED) is 0.786. The van der Waals surface area contributed by atoms with E-state index in [0.717, 1.165) is 5.69 Å². The number of halogens is 1. The number of nitrogens with one attached hydrogen (secondary N) is 1. The Morgan fingerprint density at radius 2 is 2.25 bits per heavy atom. The molecule has 0 aliphatic heterocycles. The SMILES string of the molecule is CCN(CC(=O)NC)c1cccc(Cl)c1N. The number of amides is 1. The van der Waals surface area contributed by atoms with Gasteiger partial charge in [-0.05, 0) is 19.1 Å². The molecule has 5 heteroatoms. The van der Waals surface area contributed by atoms with E-state index in [4.69, 9.17) is 17.3 Å². The number of para-hydroxylation sites is 1. The topological polar surface area (TPSA) is 58.4 Å². The molecular formula is C11H16ClN3O. The van der Waals surface area contributed by atoms with Gasteiger partial charge in [0.1, 0.15) is 0 Å². The number of nitrogens with zero attached hydrogens (tertiary/aromatic N) is 1. The van der Waals surface area contributed by atoms with Gasteiger partial charge in [0.2, 0.25) is 5.91 Å². The molecule has 0 heterocycles. The summed E-state index contributed by atoms with van der Waals surface area (Å²) >= 11 is 5.93. The zero-order chi connectivity index (χ0) is 12.1. The fourth-order valence-corrected chi connectivity index (χ4v) is 1.59. The molecule has 1 aromatic rings. The molecule has 0 aliphatic carbocycles. The maximum atomic E-state index is 11.3. The number of nitrogen functional groups attached to an aromatic ring is 1. The van der Waals surface area contributed by atoms with Crippen LogP contribution in [0.4, 0.5) is 11.4 Å². The molecule has 88 valence electrons. The average molecular weight is 242 g/mol. The second-order valence-electron chi connectivity index (χ2n) is 3.36. The van der Waals surface area contributed by atoms with Crippen molar-refractivity contribution in [2.75, 3.05) is 30.8 Å². The lowest BCUT2D eigenvalue weighted by atomic mass is 10.2. The highest BCUT2D eigenvalue weighted by atomic mass is 35.5. The molecule has 1 amide bonds. The number of carbonyl (C=O) groups excluding carboxylic acids is 1. The molecule has 0 atom stereocenters. The summed E-state index contributed by atoms with van der Waals surface area (Å²) in [4.78, 5) is 13.2. The van der Waals surface area contributed by atoms with Crippen molar-refractivity contribution in [3.05, 3.63) is 23.2 Å². The predicted octanol–water partition coefficient (Wildman–Crippen LogP) is 1.49. The highest BCUT2D eigenvalue weighted by Gasteiger charge is 2.12. The summed E-state index contributed by atoms with van der Waals surface area (Å²) in [6, 6.07) is 5.41. The fraction of sp³-hybridized carbons (Fsp3) is 0.364. The zero-order valence-corrected chi connectivity index (χ0v) is 10.2. The van der Waals surface area contributed by atoms with Crippen LogP contribution in [-0.4, -0.2) is 26.0 Å². The number of hydrogen-bond acceptors (Lipinski definition) is 3. The molecule has 0 bridgehead atoms. The van der Waals surface area contributed by atoms with Crippen LogP contribution in [-0.2, 0) is 4.79 Å². The van der Waals surface area contributed by atoms with Crippen LogP contribution in [0.5, 0.6) is 0 Å². The zero-order valence-electron chi connectivity index (χ0n) is 9.46. The third kappa shape index (κ3) is 2.79. The van der Waals surface area contributed by atoms with Crippen LogP contribution < -0.4 is 16.0 Å². The Kier molecular flexibility index (Phi) is 4.43. The van der Waals surface area contributed by atoms with Crippen molar-refractivity contribution >= 4 is 28.9 Å². The molecule has 0 unspecified atom stereocenters. The summed E-state index contributed by atoms with van der Waals surface area (Å²) in [5, 5.41) is 3.09. The minimum Gasteiger partial charge on any atom is -0.396 e. The minimum atomic E-state index is -0.0544. The summed E-state index contributed by atoms with van der Waals surface area (Å²) in [6.07, 6.45) is 0. The molecule has 0 saturated carbocycles. The van der Waals surface area contributed by atoms with Crippen LogP contribution in [0, 0.1) is 0 Å². The van der Waals surface area contributed by atoms with E-state index in [0.29, 0.717) is 17.3 Å². The number of carbonyl (C=O) groups is 1. The molecule has 16 heavy (non-hydrogen) atoms. The first-order valence-corrected chi connectivity index (χ1v) is 5.47. The molecule has 1 rings (SSSR count). The lowest BCUT2D eigenvalue weighted by molar-refractivity contribution is -0.119. The Morgan fingerprint density at radius 3 is 2.81 bits per heavy atom. The van der Waals surface area contributed by atoms with Gasteiger partial charge in [0.15, 0.2) is 0 Å². The number of anilines is 2. The molecule has 0 spiro atoms. The van der Waals surface area contributed by atoms with E-state index in [1.807, 2.05) is 24.0 Å². The van der Waals surface area contributed by atoms with E-state index < -0.39 is 0 Å². The Hall–Kier alpha value is -1.42. The summed E-state index contributed by atoms with van der Waals surface area (Å²) in [5.74, 6) is -0.0544. The van der Waals surface area contributed by atoms with Gasteiger partial charge in [0.05, 0.1) is 22.9 Å². The van der Waals surface area contributed by atoms with E-state index >= 15 is 0 Å². The number of benzene rings is 1. The van der Waals surface area contributed by atoms with Crippen LogP contribution in [0.3, 0.4) is 0 Å². The van der Waals surface area contributed by atoms with E-state index in [9.17, 15) is 4.79 Å². The third-order valence-electron chi connectivity index (χ3n) is 2.37. The third-order valence-corrected chi connectivity index (χ3v) is 2.70. The Bertz CT molecular complexity index is 381. The highest BCUT2D eigenvalue weighted by molar-refractivity contribution is 6.33. The molecule has 0 fully saturated rings. The van der Waals surface area contributed by atoms with Crippen LogP contribution in [0.1, 0.15) is 6.92 Å². The fourth-order valence-electron chi connectivity index (χ4n) is 1.42. The lowest BCUT2D eigenvalue weighted by Gasteiger charge is -2.23. The standard InChI is InChI=1S/C11H16ClN3O/c1-3-15(7-10(16)14-2)9-6-4-5-8(12)11(9)13/h4-6H,3,7,13H2,1-2H3,(H,14,16). The van der Waals surface area contributed by atoms with Crippen molar-refractivity contribution in [1.82, 2.24) is 5.32 Å². The molecule has 1 aromatic carbocycles. The second-order valence-corrected chi connectivity index (χ2v) is 3.77. The van der Waals surface area contributed by atoms with Gasteiger partial charge in [-0.3, -0.25) is 4.79 Å². The van der Waals surface area contributed by atoms with Gasteiger partial charge in [-0.2, -0.15) is 0 Å². The van der Waals surface area contributed by atoms with Crippen molar-refractivity contribution in [3.63, 3.8) is 0 Å². The maximum absolute atomic E-state index is 11.3. The highest BCUT2D eigenvalue weighted by Crippen LogP contribution is 2.29. The van der Waals surface area contributed by atoms with Crippen molar-refractivity contribution < 1.29 is 4.79 Å². The molecule has 0 aliphatic rings. The normalized spacial score (nSPS) is 9.94. The summed E-state index contributed by atoms with van der Waals surface area (Å²) in [5.41, 5.74) is 7.17. The van der Waals surface area contributed by atoms with Crippen LogP contribution in [0.25, 0.3) is 0 Å². The van der Waals surface area contributed by atoms with Crippen molar-refractivity contribution in [3.8, 4) is 0 Å². The first kappa shape index (κ1) is 12.6. The van der Waals surface area contributed by atoms with Crippen LogP contribution in [0.15, 0.2) is 18.2 Å². The van der Waals surface area contributed by atoms with E-state index in [1.165, 1.54) is 0 Å². The molecule has 3 N–H and O–H groups in total. The van der Waals surface area contributed by atoms with Gasteiger partial charge in [0.25, 0.3) is 0 Å². The minimum absolute atomic E-state index is 0.0544. The molecular weight excluding hydrogens is 226 g/mol. The number of hydrogen-bond donors (Lipinski definition) is 2. The largest absolute Gasteiger partial charge is 0.396 e. The van der Waals surface area contributed by atoms with E-state index in [2.05, 4.69) is 5.32 Å². The smallest absolute Gasteiger partial charge is 0.239 e. The number of rotatable bonds is 4. The van der Waals surface area contributed by atoms with Gasteiger partial charge in [-0.15, -0.1) is 0 Å². The maximum Gasteiger partial charge on any atom is 0.239 e. The van der Waals surface area contributed by atoms with Crippen molar-refractivity contribution in [1.29, 1.82) is 0 Å². The van der Waals surface area contributed by atoms with Crippen LogP contribution in [0.2, 0.25) is 5.02 Å². The first-order chi connectivity index (χ1) is 7.60. The van der Waals surface area contributed by atoms with Gasteiger partial charge in [0, 0.05) is 13.6 Å². The van der Waals surface area contributed by atoms with Gasteiger partial charge in [-0.25, -0.2) is 0 Å². The Morgan fingerprint density at radius 1 is 1.56 bits per heavy atom. The monoisotopic (exact) mass is 241 g/mol. The van der Waals surface area contributed by atoms with Crippen molar-refractivity contribution in [2.24, 2.45) is 0 Å². The molecule has 0 saturated heterocycles. The molecule has 4 nitrogen and oxygen atoms in total.